The van der Waals surface area contributed by atoms with Gasteiger partial charge in [0.1, 0.15) is 30.3 Å². The van der Waals surface area contributed by atoms with Crippen LogP contribution >= 0.6 is 0 Å². The van der Waals surface area contributed by atoms with Crippen LogP contribution in [0.25, 0.3) is 10.9 Å². The third-order valence-electron chi connectivity index (χ3n) is 4.82. The lowest BCUT2D eigenvalue weighted by Gasteiger charge is -2.12. The van der Waals surface area contributed by atoms with Gasteiger partial charge in [0.25, 0.3) is 0 Å². The number of pyridine rings is 1. The molecule has 0 spiro atoms. The van der Waals surface area contributed by atoms with Crippen LogP contribution in [0, 0.1) is 18.8 Å². The van der Waals surface area contributed by atoms with Gasteiger partial charge in [-0.15, -0.1) is 0 Å². The monoisotopic (exact) mass is 453 g/mol. The summed E-state index contributed by atoms with van der Waals surface area (Å²) in [5.74, 6) is 7.89. The fraction of sp³-hybridized carbons (Fsp3) is 0.154. The van der Waals surface area contributed by atoms with E-state index in [2.05, 4.69) is 37.4 Å². The molecular weight excluding hydrogens is 430 g/mol. The van der Waals surface area contributed by atoms with E-state index in [0.29, 0.717) is 11.6 Å². The highest BCUT2D eigenvalue weighted by molar-refractivity contribution is 5.91. The number of hydrogen-bond donors (Lipinski definition) is 2. The maximum absolute atomic E-state index is 11.4. The van der Waals surface area contributed by atoms with Gasteiger partial charge in [0, 0.05) is 29.9 Å². The number of fused-ring (bicyclic) bond motifs is 1. The number of methoxy groups -OCH3 is 1. The highest BCUT2D eigenvalue weighted by Crippen LogP contribution is 2.29. The van der Waals surface area contributed by atoms with Crippen molar-refractivity contribution in [1.29, 1.82) is 0 Å². The first-order valence-corrected chi connectivity index (χ1v) is 10.6. The number of anilines is 2. The van der Waals surface area contributed by atoms with Crippen molar-refractivity contribution < 1.29 is 14.3 Å². The van der Waals surface area contributed by atoms with E-state index < -0.39 is 0 Å². The third-order valence-corrected chi connectivity index (χ3v) is 4.82. The Hall–Kier alpha value is -4.48. The minimum Gasteiger partial charge on any atom is -0.455 e. The smallest absolute Gasteiger partial charge is 0.246 e. The fourth-order valence-electron chi connectivity index (χ4n) is 3.22. The average Bonchev–Trinajstić information content (AvgIpc) is 2.85. The normalized spacial score (nSPS) is 10.3. The summed E-state index contributed by atoms with van der Waals surface area (Å²) in [6.07, 6.45) is 4.90. The number of ether oxygens (including phenoxy) is 2. The number of aromatic nitrogens is 3. The van der Waals surface area contributed by atoms with Crippen LogP contribution in [-0.4, -0.2) is 41.1 Å². The zero-order valence-corrected chi connectivity index (χ0v) is 18.8. The number of amides is 1. The number of nitrogens with one attached hydrogen (secondary N) is 2. The Morgan fingerprint density at radius 2 is 2.03 bits per heavy atom. The molecule has 34 heavy (non-hydrogen) atoms. The zero-order chi connectivity index (χ0) is 23.8. The van der Waals surface area contributed by atoms with Crippen LogP contribution in [-0.2, 0) is 9.53 Å². The average molecular weight is 454 g/mol. The summed E-state index contributed by atoms with van der Waals surface area (Å²) < 4.78 is 10.7. The van der Waals surface area contributed by atoms with Crippen molar-refractivity contribution in [3.8, 4) is 23.3 Å². The summed E-state index contributed by atoms with van der Waals surface area (Å²) in [5.41, 5.74) is 3.43. The van der Waals surface area contributed by atoms with Crippen LogP contribution in [0.3, 0.4) is 0 Å². The molecule has 0 saturated heterocycles. The highest BCUT2D eigenvalue weighted by Gasteiger charge is 2.08. The first-order chi connectivity index (χ1) is 16.6. The van der Waals surface area contributed by atoms with E-state index in [9.17, 15) is 4.79 Å². The lowest BCUT2D eigenvalue weighted by Crippen LogP contribution is -2.27. The summed E-state index contributed by atoms with van der Waals surface area (Å²) in [7, 11) is 1.47. The molecule has 0 aliphatic heterocycles. The van der Waals surface area contributed by atoms with Gasteiger partial charge < -0.3 is 20.1 Å². The summed E-state index contributed by atoms with van der Waals surface area (Å²) >= 11 is 0. The Bertz CT molecular complexity index is 1360. The fourth-order valence-corrected chi connectivity index (χ4v) is 3.22. The first kappa shape index (κ1) is 22.7. The molecule has 170 valence electrons. The van der Waals surface area contributed by atoms with Crippen molar-refractivity contribution in [2.24, 2.45) is 0 Å². The molecule has 4 aromatic rings. The predicted molar refractivity (Wildman–Crippen MR) is 130 cm³/mol. The quantitative estimate of drug-likeness (QED) is 0.409. The second-order valence-corrected chi connectivity index (χ2v) is 7.36. The predicted octanol–water partition coefficient (Wildman–Crippen LogP) is 3.98. The number of hydrogen-bond acceptors (Lipinski definition) is 7. The molecule has 0 unspecified atom stereocenters. The topological polar surface area (TPSA) is 98.3 Å². The molecule has 2 heterocycles. The van der Waals surface area contributed by atoms with Crippen LogP contribution in [0.15, 0.2) is 67.3 Å². The summed E-state index contributed by atoms with van der Waals surface area (Å²) in [5, 5.41) is 6.87. The van der Waals surface area contributed by atoms with Crippen LogP contribution in [0.4, 0.5) is 11.5 Å². The number of nitrogens with zero attached hydrogens (tertiary/aromatic N) is 3. The highest BCUT2D eigenvalue weighted by atomic mass is 16.5. The van der Waals surface area contributed by atoms with Gasteiger partial charge in [0.15, 0.2) is 0 Å². The van der Waals surface area contributed by atoms with Crippen LogP contribution < -0.4 is 15.4 Å². The summed E-state index contributed by atoms with van der Waals surface area (Å²) in [6, 6.07) is 15.2. The standard InChI is InChI=1S/C26H23N5O3/c1-18-13-20(8-10-24(18)34-21-6-4-11-27-15-21)31-26-22-14-19(7-9-23(22)29-17-30-26)5-3-12-28-25(32)16-33-2/h4,6-11,13-15,17H,12,16H2,1-2H3,(H,28,32)(H,29,30,31). The Balaban J connectivity index is 1.51. The lowest BCUT2D eigenvalue weighted by atomic mass is 10.1. The van der Waals surface area contributed by atoms with Gasteiger partial charge in [0.05, 0.1) is 18.3 Å². The van der Waals surface area contributed by atoms with E-state index in [-0.39, 0.29) is 19.1 Å². The van der Waals surface area contributed by atoms with Crippen molar-refractivity contribution in [2.75, 3.05) is 25.6 Å². The second kappa shape index (κ2) is 10.9. The van der Waals surface area contributed by atoms with Crippen molar-refractivity contribution in [3.05, 3.63) is 78.4 Å². The third kappa shape index (κ3) is 5.85. The maximum atomic E-state index is 11.4. The molecule has 0 saturated carbocycles. The number of aryl methyl sites for hydroxylation is 1. The largest absolute Gasteiger partial charge is 0.455 e. The van der Waals surface area contributed by atoms with Gasteiger partial charge in [0.2, 0.25) is 5.91 Å². The Morgan fingerprint density at radius 1 is 1.12 bits per heavy atom. The first-order valence-electron chi connectivity index (χ1n) is 10.6. The molecule has 8 heteroatoms. The Kier molecular flexibility index (Phi) is 7.28. The van der Waals surface area contributed by atoms with Crippen molar-refractivity contribution >= 4 is 28.3 Å². The number of carbonyl (C=O) groups is 1. The molecule has 2 aromatic heterocycles. The van der Waals surface area contributed by atoms with Crippen LogP contribution in [0.1, 0.15) is 11.1 Å². The number of benzene rings is 2. The summed E-state index contributed by atoms with van der Waals surface area (Å²) in [4.78, 5) is 24.3. The van der Waals surface area contributed by atoms with E-state index >= 15 is 0 Å². The molecule has 8 nitrogen and oxygen atoms in total. The van der Waals surface area contributed by atoms with E-state index in [1.165, 1.54) is 13.4 Å². The van der Waals surface area contributed by atoms with Crippen LogP contribution in [0.2, 0.25) is 0 Å². The zero-order valence-electron chi connectivity index (χ0n) is 18.8. The lowest BCUT2D eigenvalue weighted by molar-refractivity contribution is -0.124. The summed E-state index contributed by atoms with van der Waals surface area (Å²) in [6.45, 7) is 2.23. The molecule has 0 aliphatic carbocycles. The molecule has 0 fully saturated rings. The van der Waals surface area contributed by atoms with Gasteiger partial charge in [-0.1, -0.05) is 11.8 Å². The van der Waals surface area contributed by atoms with Gasteiger partial charge >= 0.3 is 0 Å². The molecule has 0 bridgehead atoms. The molecule has 0 aliphatic rings. The van der Waals surface area contributed by atoms with Crippen LogP contribution in [0.5, 0.6) is 11.5 Å². The Morgan fingerprint density at radius 3 is 2.82 bits per heavy atom. The van der Waals surface area contributed by atoms with Gasteiger partial charge in [-0.05, 0) is 61.0 Å². The SMILES string of the molecule is COCC(=O)NCC#Cc1ccc2ncnc(Nc3ccc(Oc4cccnc4)c(C)c3)c2c1. The second-order valence-electron chi connectivity index (χ2n) is 7.36. The number of rotatable bonds is 7. The maximum Gasteiger partial charge on any atom is 0.246 e. The minimum atomic E-state index is -0.206. The van der Waals surface area contributed by atoms with Crippen molar-refractivity contribution in [1.82, 2.24) is 20.3 Å². The van der Waals surface area contributed by atoms with E-state index in [0.717, 1.165) is 33.5 Å². The molecular formula is C26H23N5O3. The van der Waals surface area contributed by atoms with E-state index in [1.807, 2.05) is 55.5 Å². The minimum absolute atomic E-state index is 0.0140. The molecule has 0 radical (unpaired) electrons. The molecule has 2 aromatic carbocycles. The number of carbonyl (C=O) groups excluding carboxylic acids is 1. The van der Waals surface area contributed by atoms with Gasteiger partial charge in [-0.3, -0.25) is 9.78 Å². The van der Waals surface area contributed by atoms with E-state index in [1.54, 1.807) is 12.4 Å². The van der Waals surface area contributed by atoms with E-state index in [4.69, 9.17) is 9.47 Å². The molecule has 0 atom stereocenters. The molecule has 2 N–H and O–H groups in total. The molecule has 1 amide bonds. The van der Waals surface area contributed by atoms with Gasteiger partial charge in [-0.2, -0.15) is 0 Å². The van der Waals surface area contributed by atoms with Gasteiger partial charge in [-0.25, -0.2) is 9.97 Å². The Labute approximate surface area is 197 Å². The van der Waals surface area contributed by atoms with Crippen molar-refractivity contribution in [3.63, 3.8) is 0 Å². The van der Waals surface area contributed by atoms with Crippen molar-refractivity contribution in [2.45, 2.75) is 6.92 Å². The molecule has 4 rings (SSSR count).